The number of carbonyl (C=O) groups excluding carboxylic acids is 2. The van der Waals surface area contributed by atoms with E-state index in [0.29, 0.717) is 11.3 Å². The number of carbonyl (C=O) groups is 2. The third-order valence-corrected chi connectivity index (χ3v) is 5.63. The highest BCUT2D eigenvalue weighted by Gasteiger charge is 2.30. The molecule has 2 rings (SSSR count). The van der Waals surface area contributed by atoms with Crippen LogP contribution in [-0.4, -0.2) is 44.1 Å². The highest BCUT2D eigenvalue weighted by atomic mass is 32.2. The van der Waals surface area contributed by atoms with E-state index in [1.165, 1.54) is 31.2 Å². The number of hydrogen-bond acceptors (Lipinski definition) is 7. The van der Waals surface area contributed by atoms with Gasteiger partial charge in [0.2, 0.25) is 15.9 Å². The number of esters is 1. The van der Waals surface area contributed by atoms with Gasteiger partial charge in [0.1, 0.15) is 6.04 Å². The van der Waals surface area contributed by atoms with E-state index in [1.807, 2.05) is 0 Å². The summed E-state index contributed by atoms with van der Waals surface area (Å²) < 4.78 is 30.6. The maximum Gasteiger partial charge on any atom is 0.338 e. The topological polar surface area (TPSA) is 136 Å². The molecule has 0 bridgehead atoms. The molecule has 166 valence electrons. The Morgan fingerprint density at radius 2 is 1.90 bits per heavy atom. The molecule has 0 aliphatic rings. The molecule has 0 heterocycles. The smallest absolute Gasteiger partial charge is 0.338 e. The Morgan fingerprint density at radius 3 is 2.48 bits per heavy atom. The molecule has 1 atom stereocenters. The lowest BCUT2D eigenvalue weighted by Gasteiger charge is -2.28. The van der Waals surface area contributed by atoms with Crippen molar-refractivity contribution in [2.45, 2.75) is 26.8 Å². The van der Waals surface area contributed by atoms with Crippen LogP contribution in [0.2, 0.25) is 0 Å². The number of nitro benzene ring substituents is 1. The second-order valence-corrected chi connectivity index (χ2v) is 8.61. The molecule has 31 heavy (non-hydrogen) atoms. The van der Waals surface area contributed by atoms with E-state index in [1.54, 1.807) is 26.0 Å². The molecule has 0 radical (unpaired) electrons. The number of benzene rings is 2. The average Bonchev–Trinajstić information content (AvgIpc) is 2.69. The normalized spacial score (nSPS) is 12.0. The zero-order chi connectivity index (χ0) is 23.3. The van der Waals surface area contributed by atoms with Crippen molar-refractivity contribution in [3.05, 3.63) is 63.7 Å². The number of ether oxygens (including phenoxy) is 1. The summed E-state index contributed by atoms with van der Waals surface area (Å²) in [7, 11) is -3.96. The highest BCUT2D eigenvalue weighted by molar-refractivity contribution is 7.92. The standard InChI is InChI=1S/C20H23N3O7S/c1-5-30-20(25)15-10-9-13(2)18(11-15)21-19(24)14(3)22(31(4,28)29)16-7-6-8-17(12-16)23(26)27/h6-12,14H,5H2,1-4H3,(H,21,24)/t14-/m0/s1. The summed E-state index contributed by atoms with van der Waals surface area (Å²) in [5.41, 5.74) is 0.867. The maximum absolute atomic E-state index is 12.9. The monoisotopic (exact) mass is 449 g/mol. The third-order valence-electron chi connectivity index (χ3n) is 4.39. The van der Waals surface area contributed by atoms with Crippen LogP contribution in [0.3, 0.4) is 0 Å². The minimum Gasteiger partial charge on any atom is -0.462 e. The van der Waals surface area contributed by atoms with Crippen LogP contribution < -0.4 is 9.62 Å². The molecule has 0 aromatic heterocycles. The van der Waals surface area contributed by atoms with Gasteiger partial charge in [-0.3, -0.25) is 19.2 Å². The van der Waals surface area contributed by atoms with Gasteiger partial charge >= 0.3 is 5.97 Å². The zero-order valence-electron chi connectivity index (χ0n) is 17.5. The van der Waals surface area contributed by atoms with Crippen molar-refractivity contribution < 1.29 is 27.7 Å². The number of rotatable bonds is 8. The molecule has 0 unspecified atom stereocenters. The van der Waals surface area contributed by atoms with Gasteiger partial charge in [0.25, 0.3) is 5.69 Å². The number of anilines is 2. The molecular formula is C20H23N3O7S. The number of hydrogen-bond donors (Lipinski definition) is 1. The molecule has 2 aromatic rings. The van der Waals surface area contributed by atoms with Gasteiger partial charge in [0.15, 0.2) is 0 Å². The second-order valence-electron chi connectivity index (χ2n) is 6.75. The van der Waals surface area contributed by atoms with Crippen molar-refractivity contribution in [2.75, 3.05) is 22.5 Å². The molecule has 0 aliphatic heterocycles. The fraction of sp³-hybridized carbons (Fsp3) is 0.300. The van der Waals surface area contributed by atoms with E-state index in [-0.39, 0.29) is 23.5 Å². The largest absolute Gasteiger partial charge is 0.462 e. The summed E-state index contributed by atoms with van der Waals surface area (Å²) in [6, 6.07) is 8.39. The molecule has 10 nitrogen and oxygen atoms in total. The van der Waals surface area contributed by atoms with Crippen LogP contribution in [0.5, 0.6) is 0 Å². The fourth-order valence-electron chi connectivity index (χ4n) is 2.89. The van der Waals surface area contributed by atoms with Crippen molar-refractivity contribution in [2.24, 2.45) is 0 Å². The summed E-state index contributed by atoms with van der Waals surface area (Å²) in [6.07, 6.45) is 0.905. The van der Waals surface area contributed by atoms with Crippen LogP contribution in [0.4, 0.5) is 17.1 Å². The van der Waals surface area contributed by atoms with Crippen molar-refractivity contribution >= 4 is 39.0 Å². The Balaban J connectivity index is 2.37. The van der Waals surface area contributed by atoms with Gasteiger partial charge in [0, 0.05) is 17.8 Å². The molecule has 1 N–H and O–H groups in total. The predicted octanol–water partition coefficient (Wildman–Crippen LogP) is 2.87. The first kappa shape index (κ1) is 23.8. The highest BCUT2D eigenvalue weighted by Crippen LogP contribution is 2.26. The van der Waals surface area contributed by atoms with Crippen LogP contribution in [0.1, 0.15) is 29.8 Å². The lowest BCUT2D eigenvalue weighted by atomic mass is 10.1. The van der Waals surface area contributed by atoms with Gasteiger partial charge in [-0.05, 0) is 44.5 Å². The molecule has 2 aromatic carbocycles. The number of sulfonamides is 1. The van der Waals surface area contributed by atoms with E-state index in [9.17, 15) is 28.1 Å². The van der Waals surface area contributed by atoms with Crippen LogP contribution >= 0.6 is 0 Å². The molecule has 0 fully saturated rings. The quantitative estimate of drug-likeness (QED) is 0.372. The molecule has 0 saturated heterocycles. The van der Waals surface area contributed by atoms with Gasteiger partial charge in [-0.2, -0.15) is 0 Å². The Hall–Kier alpha value is -3.47. The van der Waals surface area contributed by atoms with Crippen molar-refractivity contribution in [3.8, 4) is 0 Å². The first-order chi connectivity index (χ1) is 14.5. The van der Waals surface area contributed by atoms with Crippen LogP contribution in [0, 0.1) is 17.0 Å². The number of nitro groups is 1. The van der Waals surface area contributed by atoms with Crippen molar-refractivity contribution in [1.82, 2.24) is 0 Å². The SMILES string of the molecule is CCOC(=O)c1ccc(C)c(NC(=O)[C@H](C)N(c2cccc([N+](=O)[O-])c2)S(C)(=O)=O)c1. The van der Waals surface area contributed by atoms with E-state index in [2.05, 4.69) is 5.32 Å². The number of nitrogens with zero attached hydrogens (tertiary/aromatic N) is 2. The van der Waals surface area contributed by atoms with Gasteiger partial charge in [-0.1, -0.05) is 12.1 Å². The van der Waals surface area contributed by atoms with E-state index >= 15 is 0 Å². The molecular weight excluding hydrogens is 426 g/mol. The number of nitrogens with one attached hydrogen (secondary N) is 1. The minimum absolute atomic E-state index is 0.0173. The van der Waals surface area contributed by atoms with Crippen LogP contribution in [-0.2, 0) is 19.6 Å². The summed E-state index contributed by atoms with van der Waals surface area (Å²) in [5, 5.41) is 13.7. The molecule has 0 spiro atoms. The average molecular weight is 449 g/mol. The summed E-state index contributed by atoms with van der Waals surface area (Å²) in [5.74, 6) is -1.23. The van der Waals surface area contributed by atoms with E-state index < -0.39 is 32.9 Å². The summed E-state index contributed by atoms with van der Waals surface area (Å²) >= 11 is 0. The molecule has 1 amide bonds. The Kier molecular flexibility index (Phi) is 7.34. The van der Waals surface area contributed by atoms with Crippen molar-refractivity contribution in [3.63, 3.8) is 0 Å². The second kappa shape index (κ2) is 9.56. The minimum atomic E-state index is -3.96. The van der Waals surface area contributed by atoms with Crippen LogP contribution in [0.25, 0.3) is 0 Å². The van der Waals surface area contributed by atoms with Crippen LogP contribution in [0.15, 0.2) is 42.5 Å². The number of aryl methyl sites for hydroxylation is 1. The van der Waals surface area contributed by atoms with Gasteiger partial charge in [-0.15, -0.1) is 0 Å². The molecule has 0 saturated carbocycles. The third kappa shape index (κ3) is 5.79. The van der Waals surface area contributed by atoms with Gasteiger partial charge in [0.05, 0.1) is 29.0 Å². The van der Waals surface area contributed by atoms with Crippen molar-refractivity contribution in [1.29, 1.82) is 0 Å². The lowest BCUT2D eigenvalue weighted by molar-refractivity contribution is -0.384. The molecule has 11 heteroatoms. The molecule has 0 aliphatic carbocycles. The fourth-order valence-corrected chi connectivity index (χ4v) is 4.05. The Bertz CT molecular complexity index is 1120. The first-order valence-electron chi connectivity index (χ1n) is 9.28. The predicted molar refractivity (Wildman–Crippen MR) is 116 cm³/mol. The van der Waals surface area contributed by atoms with E-state index in [0.717, 1.165) is 16.6 Å². The number of amides is 1. The maximum atomic E-state index is 12.9. The number of non-ortho nitro benzene ring substituents is 1. The Morgan fingerprint density at radius 1 is 1.23 bits per heavy atom. The van der Waals surface area contributed by atoms with Gasteiger partial charge < -0.3 is 10.1 Å². The Labute approximate surface area is 180 Å². The zero-order valence-corrected chi connectivity index (χ0v) is 18.3. The lowest BCUT2D eigenvalue weighted by Crippen LogP contribution is -2.45. The van der Waals surface area contributed by atoms with E-state index in [4.69, 9.17) is 4.74 Å². The summed E-state index contributed by atoms with van der Waals surface area (Å²) in [4.78, 5) is 35.3. The van der Waals surface area contributed by atoms with Gasteiger partial charge in [-0.25, -0.2) is 13.2 Å². The first-order valence-corrected chi connectivity index (χ1v) is 11.1. The summed E-state index contributed by atoms with van der Waals surface area (Å²) in [6.45, 7) is 4.94.